The van der Waals surface area contributed by atoms with Crippen molar-refractivity contribution < 1.29 is 0 Å². The number of rotatable bonds is 5. The first-order valence-electron chi connectivity index (χ1n) is 7.86. The van der Waals surface area contributed by atoms with Gasteiger partial charge in [0.25, 0.3) is 0 Å². The SMILES string of the molecule is CCC1(CNCC2Cc3ccccc3N2)CCCC1. The van der Waals surface area contributed by atoms with Gasteiger partial charge in [0.05, 0.1) is 0 Å². The van der Waals surface area contributed by atoms with E-state index in [1.165, 1.54) is 56.3 Å². The second-order valence-corrected chi connectivity index (χ2v) is 6.39. The van der Waals surface area contributed by atoms with Gasteiger partial charge in [-0.2, -0.15) is 0 Å². The number of hydrogen-bond acceptors (Lipinski definition) is 2. The van der Waals surface area contributed by atoms with Crippen LogP contribution >= 0.6 is 0 Å². The number of benzene rings is 1. The van der Waals surface area contributed by atoms with Gasteiger partial charge in [0.2, 0.25) is 0 Å². The lowest BCUT2D eigenvalue weighted by Gasteiger charge is -2.28. The quantitative estimate of drug-likeness (QED) is 0.843. The van der Waals surface area contributed by atoms with Gasteiger partial charge in [-0.3, -0.25) is 0 Å². The first-order chi connectivity index (χ1) is 9.31. The van der Waals surface area contributed by atoms with Crippen LogP contribution < -0.4 is 10.6 Å². The monoisotopic (exact) mass is 258 g/mol. The minimum Gasteiger partial charge on any atom is -0.380 e. The van der Waals surface area contributed by atoms with Crippen LogP contribution in [0, 0.1) is 5.41 Å². The molecule has 0 radical (unpaired) electrons. The first-order valence-corrected chi connectivity index (χ1v) is 7.86. The van der Waals surface area contributed by atoms with Crippen molar-refractivity contribution in [3.8, 4) is 0 Å². The molecule has 1 aromatic carbocycles. The molecule has 0 amide bonds. The zero-order valence-corrected chi connectivity index (χ0v) is 12.0. The third kappa shape index (κ3) is 2.79. The third-order valence-electron chi connectivity index (χ3n) is 5.15. The molecule has 104 valence electrons. The molecule has 3 rings (SSSR count). The molecule has 2 nitrogen and oxygen atoms in total. The average molecular weight is 258 g/mol. The van der Waals surface area contributed by atoms with Crippen molar-refractivity contribution in [1.82, 2.24) is 5.32 Å². The van der Waals surface area contributed by atoms with Crippen molar-refractivity contribution >= 4 is 5.69 Å². The summed E-state index contributed by atoms with van der Waals surface area (Å²) in [5, 5.41) is 7.36. The Balaban J connectivity index is 1.47. The second kappa shape index (κ2) is 5.54. The fourth-order valence-corrected chi connectivity index (χ4v) is 3.79. The number of anilines is 1. The van der Waals surface area contributed by atoms with Crippen molar-refractivity contribution in [1.29, 1.82) is 0 Å². The molecule has 1 fully saturated rings. The van der Waals surface area contributed by atoms with Crippen LogP contribution in [0.25, 0.3) is 0 Å². The average Bonchev–Trinajstić information content (AvgIpc) is 3.05. The Labute approximate surface area is 117 Å². The van der Waals surface area contributed by atoms with Crippen LogP contribution in [-0.4, -0.2) is 19.1 Å². The molecular weight excluding hydrogens is 232 g/mol. The minimum atomic E-state index is 0.577. The van der Waals surface area contributed by atoms with Crippen molar-refractivity contribution in [3.05, 3.63) is 29.8 Å². The molecule has 1 atom stereocenters. The molecule has 1 saturated carbocycles. The van der Waals surface area contributed by atoms with E-state index in [1.807, 2.05) is 0 Å². The van der Waals surface area contributed by atoms with Crippen molar-refractivity contribution in [2.45, 2.75) is 51.5 Å². The summed E-state index contributed by atoms with van der Waals surface area (Å²) >= 11 is 0. The molecule has 1 aliphatic heterocycles. The normalized spacial score (nSPS) is 24.2. The summed E-state index contributed by atoms with van der Waals surface area (Å²) in [5.74, 6) is 0. The Kier molecular flexibility index (Phi) is 3.79. The summed E-state index contributed by atoms with van der Waals surface area (Å²) in [6.45, 7) is 4.66. The summed E-state index contributed by atoms with van der Waals surface area (Å²) in [5.41, 5.74) is 3.41. The highest BCUT2D eigenvalue weighted by atomic mass is 15.0. The van der Waals surface area contributed by atoms with Crippen LogP contribution in [0.4, 0.5) is 5.69 Å². The Morgan fingerprint density at radius 3 is 2.79 bits per heavy atom. The smallest absolute Gasteiger partial charge is 0.0427 e. The molecule has 1 heterocycles. The van der Waals surface area contributed by atoms with Crippen LogP contribution in [0.15, 0.2) is 24.3 Å². The highest BCUT2D eigenvalue weighted by molar-refractivity contribution is 5.56. The zero-order valence-electron chi connectivity index (χ0n) is 12.0. The Morgan fingerprint density at radius 1 is 1.26 bits per heavy atom. The maximum atomic E-state index is 3.73. The second-order valence-electron chi connectivity index (χ2n) is 6.39. The summed E-state index contributed by atoms with van der Waals surface area (Å²) < 4.78 is 0. The number of nitrogens with one attached hydrogen (secondary N) is 2. The minimum absolute atomic E-state index is 0.577. The van der Waals surface area contributed by atoms with Gasteiger partial charge in [0, 0.05) is 24.8 Å². The van der Waals surface area contributed by atoms with E-state index in [0.29, 0.717) is 11.5 Å². The molecular formula is C17H26N2. The topological polar surface area (TPSA) is 24.1 Å². The van der Waals surface area contributed by atoms with Gasteiger partial charge in [-0.05, 0) is 42.7 Å². The van der Waals surface area contributed by atoms with E-state index in [4.69, 9.17) is 0 Å². The van der Waals surface area contributed by atoms with E-state index in [1.54, 1.807) is 0 Å². The van der Waals surface area contributed by atoms with Gasteiger partial charge in [0.1, 0.15) is 0 Å². The molecule has 1 aromatic rings. The molecule has 19 heavy (non-hydrogen) atoms. The molecule has 1 unspecified atom stereocenters. The molecule has 0 bridgehead atoms. The van der Waals surface area contributed by atoms with Crippen molar-refractivity contribution in [2.75, 3.05) is 18.4 Å². The van der Waals surface area contributed by atoms with Gasteiger partial charge < -0.3 is 10.6 Å². The summed E-state index contributed by atoms with van der Waals surface area (Å²) in [6.07, 6.45) is 8.22. The molecule has 0 aromatic heterocycles. The standard InChI is InChI=1S/C17H26N2/c1-2-17(9-5-6-10-17)13-18-12-15-11-14-7-3-4-8-16(14)19-15/h3-4,7-8,15,18-19H,2,5-6,9-13H2,1H3. The van der Waals surface area contributed by atoms with Crippen molar-refractivity contribution in [3.63, 3.8) is 0 Å². The van der Waals surface area contributed by atoms with Gasteiger partial charge in [-0.1, -0.05) is 38.0 Å². The van der Waals surface area contributed by atoms with Crippen LogP contribution in [-0.2, 0) is 6.42 Å². The predicted molar refractivity (Wildman–Crippen MR) is 81.6 cm³/mol. The summed E-state index contributed by atoms with van der Waals surface area (Å²) in [7, 11) is 0. The highest BCUT2D eigenvalue weighted by Crippen LogP contribution is 2.40. The molecule has 2 aliphatic rings. The zero-order chi connectivity index (χ0) is 13.1. The largest absolute Gasteiger partial charge is 0.380 e. The number of para-hydroxylation sites is 1. The molecule has 2 heteroatoms. The summed E-state index contributed by atoms with van der Waals surface area (Å²) in [4.78, 5) is 0. The Hall–Kier alpha value is -1.02. The lowest BCUT2D eigenvalue weighted by molar-refractivity contribution is 0.268. The molecule has 0 spiro atoms. The number of fused-ring (bicyclic) bond motifs is 1. The van der Waals surface area contributed by atoms with E-state index in [-0.39, 0.29) is 0 Å². The van der Waals surface area contributed by atoms with Gasteiger partial charge in [-0.25, -0.2) is 0 Å². The predicted octanol–water partition coefficient (Wildman–Crippen LogP) is 3.58. The lowest BCUT2D eigenvalue weighted by atomic mass is 9.83. The maximum absolute atomic E-state index is 3.73. The summed E-state index contributed by atoms with van der Waals surface area (Å²) in [6, 6.07) is 9.27. The number of hydrogen-bond donors (Lipinski definition) is 2. The van der Waals surface area contributed by atoms with E-state index >= 15 is 0 Å². The van der Waals surface area contributed by atoms with E-state index < -0.39 is 0 Å². The fourth-order valence-electron chi connectivity index (χ4n) is 3.79. The Morgan fingerprint density at radius 2 is 2.05 bits per heavy atom. The molecule has 0 saturated heterocycles. The van der Waals surface area contributed by atoms with E-state index in [0.717, 1.165) is 6.54 Å². The van der Waals surface area contributed by atoms with E-state index in [2.05, 4.69) is 41.8 Å². The van der Waals surface area contributed by atoms with Gasteiger partial charge in [-0.15, -0.1) is 0 Å². The molecule has 2 N–H and O–H groups in total. The lowest BCUT2D eigenvalue weighted by Crippen LogP contribution is -2.38. The van der Waals surface area contributed by atoms with Crippen LogP contribution in [0.1, 0.15) is 44.6 Å². The van der Waals surface area contributed by atoms with Crippen molar-refractivity contribution in [2.24, 2.45) is 5.41 Å². The maximum Gasteiger partial charge on any atom is 0.0427 e. The van der Waals surface area contributed by atoms with Crippen LogP contribution in [0.2, 0.25) is 0 Å². The van der Waals surface area contributed by atoms with Gasteiger partial charge >= 0.3 is 0 Å². The highest BCUT2D eigenvalue weighted by Gasteiger charge is 2.31. The van der Waals surface area contributed by atoms with Gasteiger partial charge in [0.15, 0.2) is 0 Å². The molecule has 1 aliphatic carbocycles. The fraction of sp³-hybridized carbons (Fsp3) is 0.647. The van der Waals surface area contributed by atoms with E-state index in [9.17, 15) is 0 Å². The third-order valence-corrected chi connectivity index (χ3v) is 5.15. The van der Waals surface area contributed by atoms with Crippen LogP contribution in [0.3, 0.4) is 0 Å². The van der Waals surface area contributed by atoms with Crippen LogP contribution in [0.5, 0.6) is 0 Å². The first kappa shape index (κ1) is 13.0. The Bertz CT molecular complexity index is 396.